The zero-order valence-electron chi connectivity index (χ0n) is 17.4. The van der Waals surface area contributed by atoms with E-state index in [0.29, 0.717) is 12.1 Å². The number of hydrogen-bond donors (Lipinski definition) is 0. The molecular formula is C26H21N5S. The lowest BCUT2D eigenvalue weighted by Gasteiger charge is -2.25. The minimum Gasteiger partial charge on any atom is -0.361 e. The number of benzene rings is 2. The van der Waals surface area contributed by atoms with Crippen LogP contribution < -0.4 is 4.90 Å². The molecule has 5 aromatic rings. The third kappa shape index (κ3) is 4.39. The maximum absolute atomic E-state index is 9.04. The second kappa shape index (κ2) is 9.04. The van der Waals surface area contributed by atoms with Crippen molar-refractivity contribution in [1.82, 2.24) is 14.5 Å². The van der Waals surface area contributed by atoms with Gasteiger partial charge in [-0.1, -0.05) is 18.2 Å². The number of anilines is 1. The molecule has 0 radical (unpaired) electrons. The van der Waals surface area contributed by atoms with Crippen LogP contribution in [0.5, 0.6) is 0 Å². The lowest BCUT2D eigenvalue weighted by atomic mass is 10.1. The number of nitriles is 1. The van der Waals surface area contributed by atoms with E-state index < -0.39 is 0 Å². The molecule has 5 rings (SSSR count). The van der Waals surface area contributed by atoms with Crippen molar-refractivity contribution in [3.63, 3.8) is 0 Å². The average molecular weight is 436 g/mol. The largest absolute Gasteiger partial charge is 0.361 e. The van der Waals surface area contributed by atoms with Gasteiger partial charge in [0.1, 0.15) is 0 Å². The monoisotopic (exact) mass is 435 g/mol. The molecule has 156 valence electrons. The quantitative estimate of drug-likeness (QED) is 0.333. The standard InChI is InChI=1S/C26H21N5S/c27-13-20-3-5-21(6-4-20)16-31-19-29-15-25(31)18-30(17-22-2-1-10-28-14-22)24-7-8-26-23(12-24)9-11-32-26/h1-12,14-15,19H,16-18H2. The number of rotatable bonds is 7. The van der Waals surface area contributed by atoms with Gasteiger partial charge >= 0.3 is 0 Å². The van der Waals surface area contributed by atoms with Crippen LogP contribution in [0.1, 0.15) is 22.4 Å². The van der Waals surface area contributed by atoms with E-state index in [2.05, 4.69) is 61.2 Å². The smallest absolute Gasteiger partial charge is 0.0991 e. The minimum absolute atomic E-state index is 0.672. The van der Waals surface area contributed by atoms with Crippen LogP contribution in [0.25, 0.3) is 10.1 Å². The third-order valence-electron chi connectivity index (χ3n) is 5.48. The van der Waals surface area contributed by atoms with Gasteiger partial charge in [0.2, 0.25) is 0 Å². The van der Waals surface area contributed by atoms with E-state index >= 15 is 0 Å². The third-order valence-corrected chi connectivity index (χ3v) is 6.38. The fraction of sp³-hybridized carbons (Fsp3) is 0.115. The molecule has 2 aromatic carbocycles. The lowest BCUT2D eigenvalue weighted by Crippen LogP contribution is -2.24. The number of hydrogen-bond acceptors (Lipinski definition) is 5. The summed E-state index contributed by atoms with van der Waals surface area (Å²) in [5.41, 5.74) is 5.28. The van der Waals surface area contributed by atoms with Crippen LogP contribution in [0, 0.1) is 11.3 Å². The summed E-state index contributed by atoms with van der Waals surface area (Å²) in [7, 11) is 0. The Morgan fingerprint density at radius 2 is 1.84 bits per heavy atom. The summed E-state index contributed by atoms with van der Waals surface area (Å²) in [6.45, 7) is 2.19. The zero-order chi connectivity index (χ0) is 21.8. The molecule has 0 bridgehead atoms. The van der Waals surface area contributed by atoms with Gasteiger partial charge in [-0.3, -0.25) is 4.98 Å². The molecule has 0 saturated carbocycles. The molecular weight excluding hydrogens is 414 g/mol. The van der Waals surface area contributed by atoms with Crippen LogP contribution in [0.15, 0.2) is 91.0 Å². The van der Waals surface area contributed by atoms with Crippen LogP contribution >= 0.6 is 11.3 Å². The first-order chi connectivity index (χ1) is 15.8. The van der Waals surface area contributed by atoms with E-state index in [-0.39, 0.29) is 0 Å². The Hall–Kier alpha value is -3.95. The predicted molar refractivity (Wildman–Crippen MR) is 128 cm³/mol. The Balaban J connectivity index is 1.43. The molecule has 0 aliphatic rings. The van der Waals surface area contributed by atoms with Gasteiger partial charge < -0.3 is 9.47 Å². The molecule has 3 aromatic heterocycles. The Labute approximate surface area is 190 Å². The highest BCUT2D eigenvalue weighted by molar-refractivity contribution is 7.17. The molecule has 0 spiro atoms. The number of aromatic nitrogens is 3. The molecule has 0 aliphatic heterocycles. The van der Waals surface area contributed by atoms with E-state index in [9.17, 15) is 0 Å². The summed E-state index contributed by atoms with van der Waals surface area (Å²) in [4.78, 5) is 11.1. The SMILES string of the molecule is N#Cc1ccc(Cn2cncc2CN(Cc2cccnc2)c2ccc3sccc3c2)cc1. The summed E-state index contributed by atoms with van der Waals surface area (Å²) in [5.74, 6) is 0. The molecule has 0 N–H and O–H groups in total. The van der Waals surface area contributed by atoms with Crippen molar-refractivity contribution in [3.8, 4) is 6.07 Å². The van der Waals surface area contributed by atoms with Crippen molar-refractivity contribution < 1.29 is 0 Å². The Bertz CT molecular complexity index is 1360. The van der Waals surface area contributed by atoms with E-state index in [1.54, 1.807) is 17.5 Å². The molecule has 5 nitrogen and oxygen atoms in total. The zero-order valence-corrected chi connectivity index (χ0v) is 18.2. The van der Waals surface area contributed by atoms with Gasteiger partial charge in [-0.25, -0.2) is 4.98 Å². The fourth-order valence-electron chi connectivity index (χ4n) is 3.80. The molecule has 0 amide bonds. The topological polar surface area (TPSA) is 57.7 Å². The van der Waals surface area contributed by atoms with E-state index in [1.165, 1.54) is 15.8 Å². The van der Waals surface area contributed by atoms with Gasteiger partial charge in [0, 0.05) is 42.1 Å². The van der Waals surface area contributed by atoms with Gasteiger partial charge in [-0.2, -0.15) is 5.26 Å². The highest BCUT2D eigenvalue weighted by Crippen LogP contribution is 2.28. The van der Waals surface area contributed by atoms with Crippen molar-refractivity contribution in [3.05, 3.63) is 113 Å². The predicted octanol–water partition coefficient (Wildman–Crippen LogP) is 5.62. The van der Waals surface area contributed by atoms with E-state index in [0.717, 1.165) is 29.9 Å². The first-order valence-electron chi connectivity index (χ1n) is 10.4. The Morgan fingerprint density at radius 3 is 2.66 bits per heavy atom. The lowest BCUT2D eigenvalue weighted by molar-refractivity contribution is 0.697. The highest BCUT2D eigenvalue weighted by atomic mass is 32.1. The van der Waals surface area contributed by atoms with Gasteiger partial charge in [-0.15, -0.1) is 11.3 Å². The summed E-state index contributed by atoms with van der Waals surface area (Å²) in [6, 6.07) is 22.8. The molecule has 3 heterocycles. The van der Waals surface area contributed by atoms with E-state index in [1.807, 2.05) is 49.1 Å². The number of nitrogens with zero attached hydrogens (tertiary/aromatic N) is 5. The first kappa shape index (κ1) is 20.0. The molecule has 0 fully saturated rings. The van der Waals surface area contributed by atoms with Crippen LogP contribution in [0.2, 0.25) is 0 Å². The molecule has 0 saturated heterocycles. The molecule has 6 heteroatoms. The number of thiophene rings is 1. The summed E-state index contributed by atoms with van der Waals surface area (Å²) in [5, 5.41) is 12.4. The molecule has 0 atom stereocenters. The van der Waals surface area contributed by atoms with Crippen LogP contribution in [0.3, 0.4) is 0 Å². The Morgan fingerprint density at radius 1 is 0.938 bits per heavy atom. The molecule has 0 aliphatic carbocycles. The van der Waals surface area contributed by atoms with Crippen LogP contribution in [-0.2, 0) is 19.6 Å². The minimum atomic E-state index is 0.672. The average Bonchev–Trinajstić information content (AvgIpc) is 3.48. The number of imidazole rings is 1. The second-order valence-corrected chi connectivity index (χ2v) is 8.63. The van der Waals surface area contributed by atoms with Crippen LogP contribution in [0.4, 0.5) is 5.69 Å². The Kier molecular flexibility index (Phi) is 5.65. The van der Waals surface area contributed by atoms with Gasteiger partial charge in [0.15, 0.2) is 0 Å². The summed E-state index contributed by atoms with van der Waals surface area (Å²) < 4.78 is 3.46. The molecule has 32 heavy (non-hydrogen) atoms. The normalized spacial score (nSPS) is 10.8. The summed E-state index contributed by atoms with van der Waals surface area (Å²) >= 11 is 1.76. The second-order valence-electron chi connectivity index (χ2n) is 7.68. The maximum atomic E-state index is 9.04. The number of pyridine rings is 1. The van der Waals surface area contributed by atoms with Crippen molar-refractivity contribution in [2.45, 2.75) is 19.6 Å². The van der Waals surface area contributed by atoms with E-state index in [4.69, 9.17) is 5.26 Å². The van der Waals surface area contributed by atoms with Crippen molar-refractivity contribution in [1.29, 1.82) is 5.26 Å². The van der Waals surface area contributed by atoms with Crippen LogP contribution in [-0.4, -0.2) is 14.5 Å². The summed E-state index contributed by atoms with van der Waals surface area (Å²) in [6.07, 6.45) is 7.53. The maximum Gasteiger partial charge on any atom is 0.0991 e. The van der Waals surface area contributed by atoms with Gasteiger partial charge in [0.05, 0.1) is 30.2 Å². The van der Waals surface area contributed by atoms with Gasteiger partial charge in [-0.05, 0) is 64.4 Å². The van der Waals surface area contributed by atoms with Crippen molar-refractivity contribution in [2.75, 3.05) is 4.90 Å². The number of fused-ring (bicyclic) bond motifs is 1. The molecule has 0 unspecified atom stereocenters. The van der Waals surface area contributed by atoms with Crippen molar-refractivity contribution in [2.24, 2.45) is 0 Å². The first-order valence-corrected chi connectivity index (χ1v) is 11.3. The fourth-order valence-corrected chi connectivity index (χ4v) is 4.57. The van der Waals surface area contributed by atoms with Crippen molar-refractivity contribution >= 4 is 27.1 Å². The highest BCUT2D eigenvalue weighted by Gasteiger charge is 2.13. The van der Waals surface area contributed by atoms with Gasteiger partial charge in [0.25, 0.3) is 0 Å².